The van der Waals surface area contributed by atoms with E-state index in [2.05, 4.69) is 15.4 Å². The normalized spacial score (nSPS) is 14.8. The van der Waals surface area contributed by atoms with Crippen LogP contribution in [0.4, 0.5) is 18.0 Å². The fraction of sp³-hybridized carbons (Fsp3) is 0.353. The number of amides is 2. The van der Waals surface area contributed by atoms with Crippen molar-refractivity contribution in [3.63, 3.8) is 0 Å². The number of aromatic nitrogens is 3. The number of urea groups is 1. The zero-order chi connectivity index (χ0) is 23.0. The Morgan fingerprint density at radius 2 is 2.06 bits per heavy atom. The largest absolute Gasteiger partial charge is 0.417 e. The van der Waals surface area contributed by atoms with Gasteiger partial charge in [0, 0.05) is 24.8 Å². The van der Waals surface area contributed by atoms with Gasteiger partial charge in [0.1, 0.15) is 10.1 Å². The molecule has 0 bridgehead atoms. The standard InChI is InChI=1S/C17H17ClF3N5O3S2/c1-9-12(5-6-31(28,29)25-16(27)23-11-3-4-11)15(26(2)24-9)30-14-13(18)7-10(8-22-14)17(19,20)21/h5-8,11H,3-4H2,1-2H3,(H2,23,25,27)/b6-5+. The summed E-state index contributed by atoms with van der Waals surface area (Å²) in [7, 11) is -2.50. The average molecular weight is 496 g/mol. The second kappa shape index (κ2) is 8.71. The molecule has 2 heterocycles. The average Bonchev–Trinajstić information content (AvgIpc) is 3.39. The molecular weight excluding hydrogens is 479 g/mol. The lowest BCUT2D eigenvalue weighted by molar-refractivity contribution is -0.137. The van der Waals surface area contributed by atoms with E-state index in [-0.39, 0.29) is 16.1 Å². The summed E-state index contributed by atoms with van der Waals surface area (Å²) in [4.78, 5) is 15.5. The van der Waals surface area contributed by atoms with Crippen molar-refractivity contribution in [2.45, 2.75) is 42.0 Å². The fourth-order valence-corrected chi connectivity index (χ4v) is 4.40. The Hall–Kier alpha value is -2.25. The molecule has 2 amide bonds. The van der Waals surface area contributed by atoms with E-state index in [1.165, 1.54) is 10.8 Å². The molecule has 2 N–H and O–H groups in total. The molecule has 2 aromatic heterocycles. The number of halogens is 4. The quantitative estimate of drug-likeness (QED) is 0.633. The molecule has 3 rings (SSSR count). The van der Waals surface area contributed by atoms with Gasteiger partial charge in [0.2, 0.25) is 0 Å². The van der Waals surface area contributed by atoms with Gasteiger partial charge in [0.05, 0.1) is 21.7 Å². The summed E-state index contributed by atoms with van der Waals surface area (Å²) in [6, 6.07) is -0.0585. The van der Waals surface area contributed by atoms with Crippen molar-refractivity contribution in [1.29, 1.82) is 0 Å². The van der Waals surface area contributed by atoms with Gasteiger partial charge in [-0.2, -0.15) is 18.3 Å². The predicted octanol–water partition coefficient (Wildman–Crippen LogP) is 3.71. The van der Waals surface area contributed by atoms with Gasteiger partial charge >= 0.3 is 12.2 Å². The summed E-state index contributed by atoms with van der Waals surface area (Å²) in [5.41, 5.74) is -0.134. The number of alkyl halides is 3. The van der Waals surface area contributed by atoms with Crippen LogP contribution in [0, 0.1) is 6.92 Å². The summed E-state index contributed by atoms with van der Waals surface area (Å²) < 4.78 is 66.1. The van der Waals surface area contributed by atoms with Crippen molar-refractivity contribution in [3.05, 3.63) is 39.5 Å². The Kier molecular flexibility index (Phi) is 6.58. The number of aryl methyl sites for hydroxylation is 2. The van der Waals surface area contributed by atoms with Crippen LogP contribution in [0.3, 0.4) is 0 Å². The molecule has 0 unspecified atom stereocenters. The third-order valence-corrected chi connectivity index (χ3v) is 6.66. The SMILES string of the molecule is Cc1nn(C)c(Sc2ncc(C(F)(F)F)cc2Cl)c1/C=C/S(=O)(=O)NC(=O)NC1CC1. The fourth-order valence-electron chi connectivity index (χ4n) is 2.48. The van der Waals surface area contributed by atoms with Crippen molar-refractivity contribution in [1.82, 2.24) is 24.8 Å². The van der Waals surface area contributed by atoms with E-state index in [1.54, 1.807) is 14.0 Å². The number of hydrogen-bond acceptors (Lipinski definition) is 6. The Morgan fingerprint density at radius 3 is 2.65 bits per heavy atom. The molecule has 0 aliphatic heterocycles. The monoisotopic (exact) mass is 495 g/mol. The first-order valence-electron chi connectivity index (χ1n) is 8.81. The highest BCUT2D eigenvalue weighted by atomic mass is 35.5. The molecular formula is C17H17ClF3N5O3S2. The number of rotatable bonds is 6. The molecule has 31 heavy (non-hydrogen) atoms. The van der Waals surface area contributed by atoms with E-state index >= 15 is 0 Å². The Labute approximate surface area is 185 Å². The van der Waals surface area contributed by atoms with E-state index in [9.17, 15) is 26.4 Å². The minimum Gasteiger partial charge on any atom is -0.335 e. The van der Waals surface area contributed by atoms with Gasteiger partial charge in [0.15, 0.2) is 0 Å². The summed E-state index contributed by atoms with van der Waals surface area (Å²) in [6.45, 7) is 1.63. The van der Waals surface area contributed by atoms with Crippen LogP contribution in [0.1, 0.15) is 29.7 Å². The van der Waals surface area contributed by atoms with E-state index in [1.807, 2.05) is 4.72 Å². The Bertz CT molecular complexity index is 1140. The second-order valence-electron chi connectivity index (χ2n) is 6.74. The summed E-state index contributed by atoms with van der Waals surface area (Å²) in [6.07, 6.45) is -1.06. The van der Waals surface area contributed by atoms with Gasteiger partial charge in [-0.1, -0.05) is 11.6 Å². The highest BCUT2D eigenvalue weighted by Gasteiger charge is 2.32. The maximum atomic E-state index is 12.8. The van der Waals surface area contributed by atoms with Gasteiger partial charge in [0.25, 0.3) is 10.0 Å². The van der Waals surface area contributed by atoms with Crippen molar-refractivity contribution in [2.24, 2.45) is 7.05 Å². The van der Waals surface area contributed by atoms with Crippen LogP contribution in [0.15, 0.2) is 27.7 Å². The van der Waals surface area contributed by atoms with Crippen LogP contribution in [0.5, 0.6) is 0 Å². The molecule has 0 saturated heterocycles. The van der Waals surface area contributed by atoms with Crippen LogP contribution in [0.2, 0.25) is 5.02 Å². The summed E-state index contributed by atoms with van der Waals surface area (Å²) in [5, 5.41) is 7.81. The van der Waals surface area contributed by atoms with Crippen LogP contribution >= 0.6 is 23.4 Å². The van der Waals surface area contributed by atoms with Crippen molar-refractivity contribution in [3.8, 4) is 0 Å². The van der Waals surface area contributed by atoms with E-state index in [4.69, 9.17) is 11.6 Å². The van der Waals surface area contributed by atoms with E-state index in [0.717, 1.165) is 36.1 Å². The topological polar surface area (TPSA) is 106 Å². The number of nitrogens with one attached hydrogen (secondary N) is 2. The lowest BCUT2D eigenvalue weighted by atomic mass is 10.3. The molecule has 1 aliphatic carbocycles. The van der Waals surface area contributed by atoms with Gasteiger partial charge in [-0.05, 0) is 43.7 Å². The number of hydrogen-bond donors (Lipinski definition) is 2. The number of carbonyl (C=O) groups excluding carboxylic acids is 1. The first-order chi connectivity index (χ1) is 14.4. The van der Waals surface area contributed by atoms with Crippen LogP contribution in [0.25, 0.3) is 6.08 Å². The first kappa shape index (κ1) is 23.4. The summed E-state index contributed by atoms with van der Waals surface area (Å²) >= 11 is 6.90. The van der Waals surface area contributed by atoms with Crippen LogP contribution < -0.4 is 10.0 Å². The molecule has 0 atom stereocenters. The maximum Gasteiger partial charge on any atom is 0.417 e. The molecule has 0 radical (unpaired) electrons. The van der Waals surface area contributed by atoms with E-state index < -0.39 is 27.8 Å². The predicted molar refractivity (Wildman–Crippen MR) is 109 cm³/mol. The van der Waals surface area contributed by atoms with Crippen molar-refractivity contribution >= 4 is 45.5 Å². The maximum absolute atomic E-state index is 12.8. The molecule has 1 aliphatic rings. The third kappa shape index (κ3) is 6.14. The zero-order valence-electron chi connectivity index (χ0n) is 16.2. The highest BCUT2D eigenvalue weighted by Crippen LogP contribution is 2.38. The lowest BCUT2D eigenvalue weighted by Crippen LogP contribution is -2.39. The Balaban J connectivity index is 1.82. The minimum atomic E-state index is -4.58. The number of sulfonamides is 1. The van der Waals surface area contributed by atoms with Crippen LogP contribution in [-0.2, 0) is 23.2 Å². The van der Waals surface area contributed by atoms with Gasteiger partial charge in [-0.25, -0.2) is 22.9 Å². The van der Waals surface area contributed by atoms with Gasteiger partial charge in [-0.3, -0.25) is 4.68 Å². The van der Waals surface area contributed by atoms with Crippen LogP contribution in [-0.4, -0.2) is 35.3 Å². The smallest absolute Gasteiger partial charge is 0.335 e. The van der Waals surface area contributed by atoms with Crippen molar-refractivity contribution in [2.75, 3.05) is 0 Å². The zero-order valence-corrected chi connectivity index (χ0v) is 18.6. The van der Waals surface area contributed by atoms with Gasteiger partial charge < -0.3 is 5.32 Å². The van der Waals surface area contributed by atoms with Crippen molar-refractivity contribution < 1.29 is 26.4 Å². The second-order valence-corrected chi connectivity index (χ2v) is 9.69. The van der Waals surface area contributed by atoms with E-state index in [0.29, 0.717) is 22.5 Å². The molecule has 1 fully saturated rings. The molecule has 0 aromatic carbocycles. The Morgan fingerprint density at radius 1 is 1.39 bits per heavy atom. The minimum absolute atomic E-state index is 0.0104. The summed E-state index contributed by atoms with van der Waals surface area (Å²) in [5.74, 6) is 0. The molecule has 168 valence electrons. The molecule has 8 nitrogen and oxygen atoms in total. The number of nitrogens with zero attached hydrogens (tertiary/aromatic N) is 3. The lowest BCUT2D eigenvalue weighted by Gasteiger charge is -2.09. The van der Waals surface area contributed by atoms with Gasteiger partial charge in [-0.15, -0.1) is 0 Å². The molecule has 14 heteroatoms. The highest BCUT2D eigenvalue weighted by molar-refractivity contribution is 7.99. The first-order valence-corrected chi connectivity index (χ1v) is 11.6. The molecule has 2 aromatic rings. The third-order valence-electron chi connectivity index (χ3n) is 4.10. The molecule has 1 saturated carbocycles. The number of carbonyl (C=O) groups is 1. The number of pyridine rings is 1. The molecule has 0 spiro atoms.